The molecule has 2 N–H and O–H groups in total. The molecular weight excluding hydrogens is 286 g/mol. The van der Waals surface area contributed by atoms with Crippen LogP contribution in [-0.2, 0) is 20.9 Å². The number of nitrogens with one attached hydrogen (secondary N) is 2. The number of morpholine rings is 1. The summed E-state index contributed by atoms with van der Waals surface area (Å²) in [6.45, 7) is 3.47. The zero-order valence-electron chi connectivity index (χ0n) is 12.5. The van der Waals surface area contributed by atoms with Crippen molar-refractivity contribution in [1.82, 2.24) is 20.0 Å². The van der Waals surface area contributed by atoms with Crippen molar-refractivity contribution >= 4 is 17.6 Å². The number of hydrogen-bond donors (Lipinski definition) is 2. The minimum Gasteiger partial charge on any atom is -0.378 e. The summed E-state index contributed by atoms with van der Waals surface area (Å²) in [4.78, 5) is 25.9. The van der Waals surface area contributed by atoms with Gasteiger partial charge in [-0.1, -0.05) is 0 Å². The average molecular weight is 307 g/mol. The number of carbonyl (C=O) groups excluding carboxylic acids is 2. The molecule has 2 amide bonds. The summed E-state index contributed by atoms with van der Waals surface area (Å²) in [5.74, 6) is 0.428. The molecule has 120 valence electrons. The maximum atomic E-state index is 12.1. The lowest BCUT2D eigenvalue weighted by atomic mass is 10.2. The third-order valence-electron chi connectivity index (χ3n) is 3.93. The molecule has 1 unspecified atom stereocenters. The second-order valence-corrected chi connectivity index (χ2v) is 5.53. The highest BCUT2D eigenvalue weighted by atomic mass is 16.5. The zero-order chi connectivity index (χ0) is 15.4. The highest BCUT2D eigenvalue weighted by molar-refractivity contribution is 5.94. The molecule has 0 aliphatic carbocycles. The largest absolute Gasteiger partial charge is 0.378 e. The number of carbonyl (C=O) groups is 2. The summed E-state index contributed by atoms with van der Waals surface area (Å²) in [7, 11) is 0. The number of aromatic nitrogens is 2. The average Bonchev–Trinajstić information content (AvgIpc) is 3.20. The Morgan fingerprint density at radius 3 is 2.95 bits per heavy atom. The maximum absolute atomic E-state index is 12.1. The van der Waals surface area contributed by atoms with Gasteiger partial charge >= 0.3 is 0 Å². The smallest absolute Gasteiger partial charge is 0.244 e. The summed E-state index contributed by atoms with van der Waals surface area (Å²) in [5.41, 5.74) is 0. The lowest BCUT2D eigenvalue weighted by Gasteiger charge is -2.26. The van der Waals surface area contributed by atoms with Gasteiger partial charge in [0.1, 0.15) is 6.54 Å². The molecule has 22 heavy (non-hydrogen) atoms. The van der Waals surface area contributed by atoms with E-state index >= 15 is 0 Å². The minimum absolute atomic E-state index is 0.0155. The van der Waals surface area contributed by atoms with Gasteiger partial charge < -0.3 is 20.3 Å². The number of hydrogen-bond acceptors (Lipinski definition) is 5. The van der Waals surface area contributed by atoms with Crippen molar-refractivity contribution in [1.29, 1.82) is 0 Å². The second kappa shape index (κ2) is 6.89. The molecule has 8 heteroatoms. The molecule has 2 aliphatic heterocycles. The van der Waals surface area contributed by atoms with Crippen LogP contribution in [0.3, 0.4) is 0 Å². The molecule has 1 atom stereocenters. The van der Waals surface area contributed by atoms with E-state index in [0.717, 1.165) is 19.4 Å². The molecule has 0 spiro atoms. The molecule has 8 nitrogen and oxygen atoms in total. The van der Waals surface area contributed by atoms with Crippen molar-refractivity contribution in [3.05, 3.63) is 12.3 Å². The summed E-state index contributed by atoms with van der Waals surface area (Å²) in [5, 5.41) is 10.2. The quantitative estimate of drug-likeness (QED) is 0.778. The van der Waals surface area contributed by atoms with Gasteiger partial charge in [0.2, 0.25) is 11.8 Å². The number of rotatable bonds is 4. The molecule has 3 rings (SSSR count). The van der Waals surface area contributed by atoms with E-state index in [2.05, 4.69) is 15.7 Å². The second-order valence-electron chi connectivity index (χ2n) is 5.53. The van der Waals surface area contributed by atoms with Crippen LogP contribution in [0.15, 0.2) is 12.3 Å². The van der Waals surface area contributed by atoms with Gasteiger partial charge in [-0.3, -0.25) is 14.3 Å². The van der Waals surface area contributed by atoms with E-state index in [4.69, 9.17) is 4.74 Å². The molecule has 0 aromatic carbocycles. The zero-order valence-corrected chi connectivity index (χ0v) is 12.5. The van der Waals surface area contributed by atoms with Crippen LogP contribution in [0.1, 0.15) is 12.8 Å². The highest BCUT2D eigenvalue weighted by Gasteiger charge is 2.22. The van der Waals surface area contributed by atoms with E-state index in [9.17, 15) is 9.59 Å². The van der Waals surface area contributed by atoms with Gasteiger partial charge in [0.05, 0.1) is 19.3 Å². The van der Waals surface area contributed by atoms with Crippen LogP contribution < -0.4 is 10.6 Å². The topological polar surface area (TPSA) is 88.5 Å². The first-order chi connectivity index (χ1) is 10.7. The van der Waals surface area contributed by atoms with Gasteiger partial charge in [0.15, 0.2) is 5.82 Å². The van der Waals surface area contributed by atoms with E-state index in [1.54, 1.807) is 21.8 Å². The lowest BCUT2D eigenvalue weighted by Crippen LogP contribution is -2.42. The van der Waals surface area contributed by atoms with Gasteiger partial charge in [0.25, 0.3) is 0 Å². The van der Waals surface area contributed by atoms with Crippen LogP contribution in [0.4, 0.5) is 5.82 Å². The molecule has 2 saturated heterocycles. The Morgan fingerprint density at radius 2 is 2.23 bits per heavy atom. The normalized spacial score (nSPS) is 21.8. The van der Waals surface area contributed by atoms with Crippen LogP contribution in [0.5, 0.6) is 0 Å². The number of anilines is 1. The molecular formula is C14H21N5O3. The third-order valence-corrected chi connectivity index (χ3v) is 3.93. The summed E-state index contributed by atoms with van der Waals surface area (Å²) < 4.78 is 6.78. The predicted octanol–water partition coefficient (Wildman–Crippen LogP) is -0.568. The Hall–Kier alpha value is -1.93. The van der Waals surface area contributed by atoms with E-state index in [1.807, 2.05) is 0 Å². The first-order valence-corrected chi connectivity index (χ1v) is 7.65. The van der Waals surface area contributed by atoms with Crippen LogP contribution in [0.2, 0.25) is 0 Å². The molecule has 0 saturated carbocycles. The van der Waals surface area contributed by atoms with Crippen molar-refractivity contribution in [3.8, 4) is 0 Å². The van der Waals surface area contributed by atoms with Crippen molar-refractivity contribution in [3.63, 3.8) is 0 Å². The number of nitrogens with zero attached hydrogens (tertiary/aromatic N) is 3. The van der Waals surface area contributed by atoms with E-state index in [0.29, 0.717) is 32.1 Å². The summed E-state index contributed by atoms with van der Waals surface area (Å²) in [6.07, 6.45) is 3.57. The molecule has 1 aromatic heterocycles. The molecule has 0 radical (unpaired) electrons. The first-order valence-electron chi connectivity index (χ1n) is 7.65. The Balaban J connectivity index is 1.52. The van der Waals surface area contributed by atoms with E-state index in [-0.39, 0.29) is 24.4 Å². The van der Waals surface area contributed by atoms with Crippen molar-refractivity contribution in [2.24, 2.45) is 0 Å². The van der Waals surface area contributed by atoms with Gasteiger partial charge in [-0.25, -0.2) is 0 Å². The Labute approximate surface area is 128 Å². The molecule has 2 fully saturated rings. The number of ether oxygens (including phenoxy) is 1. The monoisotopic (exact) mass is 307 g/mol. The van der Waals surface area contributed by atoms with E-state index in [1.165, 1.54) is 0 Å². The van der Waals surface area contributed by atoms with Gasteiger partial charge in [0, 0.05) is 25.4 Å². The van der Waals surface area contributed by atoms with Gasteiger partial charge in [-0.15, -0.1) is 0 Å². The fourth-order valence-electron chi connectivity index (χ4n) is 2.69. The van der Waals surface area contributed by atoms with Crippen molar-refractivity contribution in [2.75, 3.05) is 38.2 Å². The van der Waals surface area contributed by atoms with Crippen LogP contribution in [0, 0.1) is 0 Å². The van der Waals surface area contributed by atoms with E-state index < -0.39 is 0 Å². The fourth-order valence-corrected chi connectivity index (χ4v) is 2.69. The number of amides is 2. The Morgan fingerprint density at radius 1 is 1.41 bits per heavy atom. The summed E-state index contributed by atoms with van der Waals surface area (Å²) in [6, 6.07) is 1.57. The van der Waals surface area contributed by atoms with Crippen LogP contribution >= 0.6 is 0 Å². The SMILES string of the molecule is O=C(Nc1ccn(CC(=O)N2CCOCC2)n1)C1CCCN1. The Bertz CT molecular complexity index is 532. The minimum atomic E-state index is -0.139. The molecule has 2 aliphatic rings. The fraction of sp³-hybridized carbons (Fsp3) is 0.643. The highest BCUT2D eigenvalue weighted by Crippen LogP contribution is 2.09. The van der Waals surface area contributed by atoms with Crippen LogP contribution in [0.25, 0.3) is 0 Å². The van der Waals surface area contributed by atoms with Gasteiger partial charge in [-0.05, 0) is 19.4 Å². The lowest BCUT2D eigenvalue weighted by molar-refractivity contribution is -0.136. The maximum Gasteiger partial charge on any atom is 0.244 e. The first kappa shape index (κ1) is 15.0. The molecule has 1 aromatic rings. The standard InChI is InChI=1S/C14H21N5O3/c20-13(18-6-8-22-9-7-18)10-19-5-3-12(17-19)16-14(21)11-2-1-4-15-11/h3,5,11,15H,1-2,4,6-10H2,(H,16,17,21). The Kier molecular flexibility index (Phi) is 4.69. The third kappa shape index (κ3) is 3.63. The van der Waals surface area contributed by atoms with Crippen LogP contribution in [-0.4, -0.2) is 65.4 Å². The van der Waals surface area contributed by atoms with Gasteiger partial charge in [-0.2, -0.15) is 5.10 Å². The molecule has 0 bridgehead atoms. The predicted molar refractivity (Wildman–Crippen MR) is 79.3 cm³/mol. The molecule has 3 heterocycles. The van der Waals surface area contributed by atoms with Crippen molar-refractivity contribution in [2.45, 2.75) is 25.4 Å². The van der Waals surface area contributed by atoms with Crippen molar-refractivity contribution < 1.29 is 14.3 Å². The summed E-state index contributed by atoms with van der Waals surface area (Å²) >= 11 is 0.